The molecule has 0 aromatic carbocycles. The van der Waals surface area contributed by atoms with E-state index in [1.54, 1.807) is 0 Å². The summed E-state index contributed by atoms with van der Waals surface area (Å²) in [6.07, 6.45) is 5.46. The summed E-state index contributed by atoms with van der Waals surface area (Å²) < 4.78 is 0. The molecular weight excluding hydrogens is 260 g/mol. The Labute approximate surface area is 116 Å². The fourth-order valence-corrected chi connectivity index (χ4v) is 2.59. The van der Waals surface area contributed by atoms with E-state index in [0.29, 0.717) is 6.54 Å². The fourth-order valence-electron chi connectivity index (χ4n) is 2.59. The number of hydrogen-bond donors (Lipinski definition) is 2. The van der Waals surface area contributed by atoms with E-state index < -0.39 is 10.8 Å². The molecule has 0 spiro atoms. The highest BCUT2D eigenvalue weighted by Crippen LogP contribution is 2.36. The molecule has 1 aromatic heterocycles. The number of rotatable bonds is 4. The number of aromatic nitrogens is 1. The van der Waals surface area contributed by atoms with Crippen LogP contribution >= 0.6 is 0 Å². The van der Waals surface area contributed by atoms with Gasteiger partial charge >= 0.3 is 0 Å². The zero-order valence-corrected chi connectivity index (χ0v) is 11.4. The van der Waals surface area contributed by atoms with Crippen molar-refractivity contribution in [2.75, 3.05) is 12.3 Å². The average molecular weight is 278 g/mol. The first-order valence-electron chi connectivity index (χ1n) is 6.59. The molecule has 1 aliphatic rings. The van der Waals surface area contributed by atoms with Gasteiger partial charge in [-0.05, 0) is 24.3 Å². The second-order valence-electron chi connectivity index (χ2n) is 5.58. The zero-order valence-electron chi connectivity index (χ0n) is 11.4. The second kappa shape index (κ2) is 5.44. The van der Waals surface area contributed by atoms with E-state index in [2.05, 4.69) is 17.2 Å². The normalized spacial score (nSPS) is 16.9. The van der Waals surface area contributed by atoms with Gasteiger partial charge < -0.3 is 11.1 Å². The van der Waals surface area contributed by atoms with E-state index in [4.69, 9.17) is 5.73 Å². The minimum atomic E-state index is -0.626. The van der Waals surface area contributed by atoms with Crippen LogP contribution in [0.5, 0.6) is 0 Å². The lowest BCUT2D eigenvalue weighted by Gasteiger charge is -2.23. The van der Waals surface area contributed by atoms with Crippen LogP contribution in [0.2, 0.25) is 0 Å². The number of carbonyl (C=O) groups is 1. The number of carbonyl (C=O) groups excluding carboxylic acids is 1. The maximum absolute atomic E-state index is 12.1. The number of anilines is 1. The minimum Gasteiger partial charge on any atom is -0.384 e. The van der Waals surface area contributed by atoms with Gasteiger partial charge in [0, 0.05) is 6.54 Å². The van der Waals surface area contributed by atoms with Crippen LogP contribution in [0.1, 0.15) is 43.0 Å². The summed E-state index contributed by atoms with van der Waals surface area (Å²) in [6.45, 7) is 2.64. The lowest BCUT2D eigenvalue weighted by molar-refractivity contribution is -0.385. The van der Waals surface area contributed by atoms with Crippen molar-refractivity contribution in [2.45, 2.75) is 32.6 Å². The van der Waals surface area contributed by atoms with Crippen molar-refractivity contribution in [2.24, 2.45) is 5.41 Å². The highest BCUT2D eigenvalue weighted by Gasteiger charge is 2.30. The Morgan fingerprint density at radius 1 is 1.55 bits per heavy atom. The predicted octanol–water partition coefficient (Wildman–Crippen LogP) is 1.88. The average Bonchev–Trinajstić information content (AvgIpc) is 2.83. The molecule has 1 fully saturated rings. The van der Waals surface area contributed by atoms with Crippen LogP contribution in [0, 0.1) is 15.5 Å². The van der Waals surface area contributed by atoms with Crippen molar-refractivity contribution in [3.8, 4) is 0 Å². The summed E-state index contributed by atoms with van der Waals surface area (Å²) in [5.74, 6) is -0.383. The third-order valence-corrected chi connectivity index (χ3v) is 3.83. The maximum Gasteiger partial charge on any atom is 0.300 e. The number of nitrogens with two attached hydrogens (primary N) is 1. The summed E-state index contributed by atoms with van der Waals surface area (Å²) >= 11 is 0. The Morgan fingerprint density at radius 2 is 2.20 bits per heavy atom. The largest absolute Gasteiger partial charge is 0.384 e. The Balaban J connectivity index is 2.12. The number of pyridine rings is 1. The standard InChI is InChI=1S/C13H18N4O3/c1-13(4-2-3-5-13)8-16-12(18)9-6-11(14)15-7-10(9)17(19)20/h6-7H,2-5,8H2,1H3,(H2,14,15)(H,16,18). The molecule has 0 saturated heterocycles. The van der Waals surface area contributed by atoms with Gasteiger partial charge in [-0.1, -0.05) is 19.8 Å². The van der Waals surface area contributed by atoms with Gasteiger partial charge in [-0.2, -0.15) is 0 Å². The number of nitrogens with one attached hydrogen (secondary N) is 1. The molecule has 0 bridgehead atoms. The molecule has 3 N–H and O–H groups in total. The molecule has 0 atom stereocenters. The summed E-state index contributed by atoms with van der Waals surface area (Å²) in [4.78, 5) is 26.1. The summed E-state index contributed by atoms with van der Waals surface area (Å²) in [6, 6.07) is 1.24. The SMILES string of the molecule is CC1(CNC(=O)c2cc(N)ncc2[N+](=O)[O-])CCCC1. The van der Waals surface area contributed by atoms with Crippen LogP contribution in [-0.2, 0) is 0 Å². The van der Waals surface area contributed by atoms with Gasteiger partial charge in [0.15, 0.2) is 0 Å². The third-order valence-electron chi connectivity index (χ3n) is 3.83. The smallest absolute Gasteiger partial charge is 0.300 e. The molecule has 108 valence electrons. The molecule has 1 saturated carbocycles. The first-order valence-corrected chi connectivity index (χ1v) is 6.59. The number of hydrogen-bond acceptors (Lipinski definition) is 5. The zero-order chi connectivity index (χ0) is 14.8. The van der Waals surface area contributed by atoms with Gasteiger partial charge in [0.25, 0.3) is 11.6 Å². The van der Waals surface area contributed by atoms with Crippen LogP contribution in [0.3, 0.4) is 0 Å². The Morgan fingerprint density at radius 3 is 2.80 bits per heavy atom. The van der Waals surface area contributed by atoms with Gasteiger partial charge in [0.05, 0.1) is 4.92 Å². The number of nitro groups is 1. The lowest BCUT2D eigenvalue weighted by atomic mass is 9.89. The van der Waals surface area contributed by atoms with Crippen molar-refractivity contribution in [1.29, 1.82) is 0 Å². The molecule has 0 unspecified atom stereocenters. The van der Waals surface area contributed by atoms with Gasteiger partial charge in [-0.3, -0.25) is 14.9 Å². The van der Waals surface area contributed by atoms with Crippen LogP contribution < -0.4 is 11.1 Å². The van der Waals surface area contributed by atoms with Crippen molar-refractivity contribution in [3.05, 3.63) is 27.9 Å². The molecule has 2 rings (SSSR count). The Kier molecular flexibility index (Phi) is 3.87. The number of nitrogens with zero attached hydrogens (tertiary/aromatic N) is 2. The Bertz CT molecular complexity index is 538. The van der Waals surface area contributed by atoms with Crippen molar-refractivity contribution >= 4 is 17.4 Å². The van der Waals surface area contributed by atoms with Crippen LogP contribution in [0.4, 0.5) is 11.5 Å². The maximum atomic E-state index is 12.1. The van der Waals surface area contributed by atoms with Crippen molar-refractivity contribution in [1.82, 2.24) is 10.3 Å². The summed E-state index contributed by atoms with van der Waals surface area (Å²) in [5.41, 5.74) is 5.22. The monoisotopic (exact) mass is 278 g/mol. The molecule has 0 radical (unpaired) electrons. The van der Waals surface area contributed by atoms with E-state index in [-0.39, 0.29) is 22.5 Å². The first kappa shape index (κ1) is 14.2. The molecule has 1 aromatic rings. The van der Waals surface area contributed by atoms with E-state index in [9.17, 15) is 14.9 Å². The van der Waals surface area contributed by atoms with Crippen molar-refractivity contribution < 1.29 is 9.72 Å². The quantitative estimate of drug-likeness (QED) is 0.645. The Hall–Kier alpha value is -2.18. The van der Waals surface area contributed by atoms with E-state index in [1.165, 1.54) is 6.07 Å². The molecule has 0 aliphatic heterocycles. The van der Waals surface area contributed by atoms with Crippen molar-refractivity contribution in [3.63, 3.8) is 0 Å². The lowest BCUT2D eigenvalue weighted by Crippen LogP contribution is -2.34. The molecule has 20 heavy (non-hydrogen) atoms. The highest BCUT2D eigenvalue weighted by atomic mass is 16.6. The van der Waals surface area contributed by atoms with Gasteiger partial charge in [0.1, 0.15) is 17.6 Å². The molecule has 7 heteroatoms. The first-order chi connectivity index (χ1) is 9.41. The highest BCUT2D eigenvalue weighted by molar-refractivity contribution is 5.98. The second-order valence-corrected chi connectivity index (χ2v) is 5.58. The molecule has 1 aliphatic carbocycles. The number of nitrogen functional groups attached to an aromatic ring is 1. The number of amides is 1. The van der Waals surface area contributed by atoms with Crippen LogP contribution in [0.15, 0.2) is 12.3 Å². The van der Waals surface area contributed by atoms with Gasteiger partial charge in [0.2, 0.25) is 0 Å². The molecule has 1 amide bonds. The minimum absolute atomic E-state index is 0.0379. The van der Waals surface area contributed by atoms with Crippen LogP contribution in [0.25, 0.3) is 0 Å². The van der Waals surface area contributed by atoms with E-state index >= 15 is 0 Å². The molecular formula is C13H18N4O3. The van der Waals surface area contributed by atoms with Gasteiger partial charge in [-0.15, -0.1) is 0 Å². The third kappa shape index (κ3) is 3.04. The topological polar surface area (TPSA) is 111 Å². The van der Waals surface area contributed by atoms with Crippen LogP contribution in [-0.4, -0.2) is 22.4 Å². The molecule has 7 nitrogen and oxygen atoms in total. The molecule has 1 heterocycles. The van der Waals surface area contributed by atoms with E-state index in [0.717, 1.165) is 31.9 Å². The fraction of sp³-hybridized carbons (Fsp3) is 0.538. The predicted molar refractivity (Wildman–Crippen MR) is 74.2 cm³/mol. The summed E-state index contributed by atoms with van der Waals surface area (Å²) in [5, 5.41) is 13.7. The van der Waals surface area contributed by atoms with E-state index in [1.807, 2.05) is 0 Å². The summed E-state index contributed by atoms with van der Waals surface area (Å²) in [7, 11) is 0. The van der Waals surface area contributed by atoms with Gasteiger partial charge in [-0.25, -0.2) is 4.98 Å².